The monoisotopic (exact) mass is 284 g/mol. The zero-order chi connectivity index (χ0) is 14.6. The molecule has 0 spiro atoms. The number of halogens is 1. The van der Waals surface area contributed by atoms with Gasteiger partial charge in [-0.05, 0) is 25.5 Å². The number of hydrogen-bond acceptors (Lipinski definition) is 3. The predicted molar refractivity (Wildman–Crippen MR) is 76.8 cm³/mol. The molecule has 0 saturated heterocycles. The van der Waals surface area contributed by atoms with Crippen LogP contribution in [0.3, 0.4) is 0 Å². The summed E-state index contributed by atoms with van der Waals surface area (Å²) >= 11 is 4.91. The van der Waals surface area contributed by atoms with E-state index in [4.69, 9.17) is 22.7 Å². The van der Waals surface area contributed by atoms with Crippen molar-refractivity contribution >= 4 is 28.8 Å². The molecule has 104 valence electrons. The molecule has 0 fully saturated rings. The van der Waals surface area contributed by atoms with E-state index < -0.39 is 11.2 Å². The Kier molecular flexibility index (Phi) is 4.83. The van der Waals surface area contributed by atoms with Crippen LogP contribution in [0.25, 0.3) is 0 Å². The van der Waals surface area contributed by atoms with E-state index in [0.29, 0.717) is 12.1 Å². The normalized spacial score (nSPS) is 13.5. The van der Waals surface area contributed by atoms with Crippen LogP contribution in [-0.4, -0.2) is 18.0 Å². The van der Waals surface area contributed by atoms with Gasteiger partial charge < -0.3 is 15.8 Å². The molecule has 1 rings (SSSR count). The molecular formula is C13H17FN2O2S. The molecule has 0 saturated carbocycles. The summed E-state index contributed by atoms with van der Waals surface area (Å²) < 4.78 is 18.3. The van der Waals surface area contributed by atoms with Crippen LogP contribution in [-0.2, 0) is 4.79 Å². The van der Waals surface area contributed by atoms with Crippen LogP contribution in [0.15, 0.2) is 18.2 Å². The van der Waals surface area contributed by atoms with Gasteiger partial charge in [0.25, 0.3) is 0 Å². The predicted octanol–water partition coefficient (Wildman–Crippen LogP) is 2.48. The number of nitrogens with one attached hydrogen (secondary N) is 1. The van der Waals surface area contributed by atoms with E-state index in [0.717, 1.165) is 0 Å². The topological polar surface area (TPSA) is 64.3 Å². The molecule has 1 aromatic carbocycles. The summed E-state index contributed by atoms with van der Waals surface area (Å²) in [7, 11) is 1.37. The number of hydrogen-bond donors (Lipinski definition) is 2. The Bertz CT molecular complexity index is 507. The first-order valence-electron chi connectivity index (χ1n) is 5.80. The molecule has 1 amide bonds. The minimum atomic E-state index is -0.953. The SMILES string of the molecule is CCC(C)(C(=O)Nc1ccc(OC)c(F)c1)C(N)=S. The number of anilines is 1. The van der Waals surface area contributed by atoms with Crippen molar-refractivity contribution in [3.8, 4) is 5.75 Å². The largest absolute Gasteiger partial charge is 0.494 e. The van der Waals surface area contributed by atoms with Gasteiger partial charge in [0.1, 0.15) is 0 Å². The Labute approximate surface area is 117 Å². The van der Waals surface area contributed by atoms with Gasteiger partial charge in [0.15, 0.2) is 11.6 Å². The van der Waals surface area contributed by atoms with Gasteiger partial charge in [0.2, 0.25) is 5.91 Å². The fourth-order valence-corrected chi connectivity index (χ4v) is 1.70. The number of methoxy groups -OCH3 is 1. The number of nitrogens with two attached hydrogens (primary N) is 1. The van der Waals surface area contributed by atoms with Gasteiger partial charge >= 0.3 is 0 Å². The molecule has 0 aromatic heterocycles. The number of carbonyl (C=O) groups excluding carboxylic acids is 1. The Morgan fingerprint density at radius 3 is 2.63 bits per heavy atom. The molecule has 0 aliphatic rings. The van der Waals surface area contributed by atoms with Crippen LogP contribution in [0.2, 0.25) is 0 Å². The van der Waals surface area contributed by atoms with Crippen molar-refractivity contribution in [3.05, 3.63) is 24.0 Å². The summed E-state index contributed by atoms with van der Waals surface area (Å²) in [5, 5.41) is 2.60. The fourth-order valence-electron chi connectivity index (χ4n) is 1.46. The van der Waals surface area contributed by atoms with Gasteiger partial charge in [-0.1, -0.05) is 19.1 Å². The summed E-state index contributed by atoms with van der Waals surface area (Å²) in [6, 6.07) is 4.18. The van der Waals surface area contributed by atoms with Crippen LogP contribution in [0.1, 0.15) is 20.3 Å². The van der Waals surface area contributed by atoms with E-state index >= 15 is 0 Å². The summed E-state index contributed by atoms with van der Waals surface area (Å²) in [4.78, 5) is 12.3. The van der Waals surface area contributed by atoms with Gasteiger partial charge in [0, 0.05) is 11.8 Å². The zero-order valence-corrected chi connectivity index (χ0v) is 11.9. The number of carbonyl (C=O) groups is 1. The third kappa shape index (κ3) is 3.20. The summed E-state index contributed by atoms with van der Waals surface area (Å²) in [5.41, 5.74) is 4.97. The second kappa shape index (κ2) is 5.97. The van der Waals surface area contributed by atoms with Crippen molar-refractivity contribution in [2.45, 2.75) is 20.3 Å². The third-order valence-electron chi connectivity index (χ3n) is 3.16. The van der Waals surface area contributed by atoms with Gasteiger partial charge in [-0.2, -0.15) is 0 Å². The van der Waals surface area contributed by atoms with E-state index in [9.17, 15) is 9.18 Å². The van der Waals surface area contributed by atoms with Crippen molar-refractivity contribution in [2.24, 2.45) is 11.1 Å². The molecule has 0 radical (unpaired) electrons. The number of ether oxygens (including phenoxy) is 1. The minimum Gasteiger partial charge on any atom is -0.494 e. The van der Waals surface area contributed by atoms with Crippen LogP contribution in [0.5, 0.6) is 5.75 Å². The van der Waals surface area contributed by atoms with Crippen molar-refractivity contribution in [2.75, 3.05) is 12.4 Å². The molecule has 6 heteroatoms. The molecule has 4 nitrogen and oxygen atoms in total. The molecule has 0 aliphatic carbocycles. The van der Waals surface area contributed by atoms with Gasteiger partial charge in [0.05, 0.1) is 17.5 Å². The maximum absolute atomic E-state index is 13.5. The maximum Gasteiger partial charge on any atom is 0.237 e. The summed E-state index contributed by atoms with van der Waals surface area (Å²) in [6.07, 6.45) is 0.465. The number of benzene rings is 1. The molecule has 19 heavy (non-hydrogen) atoms. The Balaban J connectivity index is 2.94. The van der Waals surface area contributed by atoms with Crippen molar-refractivity contribution in [1.82, 2.24) is 0 Å². The maximum atomic E-state index is 13.5. The number of amides is 1. The first-order valence-corrected chi connectivity index (χ1v) is 6.21. The van der Waals surface area contributed by atoms with E-state index in [2.05, 4.69) is 5.32 Å². The Morgan fingerprint density at radius 2 is 2.21 bits per heavy atom. The lowest BCUT2D eigenvalue weighted by Gasteiger charge is -2.25. The highest BCUT2D eigenvalue weighted by atomic mass is 32.1. The highest BCUT2D eigenvalue weighted by molar-refractivity contribution is 7.80. The first kappa shape index (κ1) is 15.4. The van der Waals surface area contributed by atoms with Crippen molar-refractivity contribution in [1.29, 1.82) is 0 Å². The number of rotatable bonds is 5. The van der Waals surface area contributed by atoms with E-state index in [1.807, 2.05) is 6.92 Å². The molecule has 1 unspecified atom stereocenters. The molecule has 1 atom stereocenters. The van der Waals surface area contributed by atoms with E-state index in [1.54, 1.807) is 13.0 Å². The standard InChI is InChI=1S/C13H17FN2O2S/c1-4-13(2,11(15)19)12(17)16-8-5-6-10(18-3)9(14)7-8/h5-7H,4H2,1-3H3,(H2,15,19)(H,16,17). The van der Waals surface area contributed by atoms with Crippen LogP contribution < -0.4 is 15.8 Å². The van der Waals surface area contributed by atoms with Crippen LogP contribution in [0, 0.1) is 11.2 Å². The molecule has 3 N–H and O–H groups in total. The van der Waals surface area contributed by atoms with Crippen molar-refractivity contribution in [3.63, 3.8) is 0 Å². The molecule has 0 aliphatic heterocycles. The summed E-state index contributed by atoms with van der Waals surface area (Å²) in [6.45, 7) is 3.47. The Morgan fingerprint density at radius 1 is 1.58 bits per heavy atom. The first-order chi connectivity index (χ1) is 8.85. The molecule has 0 bridgehead atoms. The van der Waals surface area contributed by atoms with E-state index in [1.165, 1.54) is 19.2 Å². The highest BCUT2D eigenvalue weighted by Gasteiger charge is 2.34. The highest BCUT2D eigenvalue weighted by Crippen LogP contribution is 2.26. The molecule has 1 aromatic rings. The van der Waals surface area contributed by atoms with Gasteiger partial charge in [-0.25, -0.2) is 4.39 Å². The fraction of sp³-hybridized carbons (Fsp3) is 0.385. The quantitative estimate of drug-likeness (QED) is 0.815. The lowest BCUT2D eigenvalue weighted by atomic mass is 9.86. The second-order valence-corrected chi connectivity index (χ2v) is 4.79. The van der Waals surface area contributed by atoms with E-state index in [-0.39, 0.29) is 16.6 Å². The molecule has 0 heterocycles. The Hall–Kier alpha value is -1.69. The van der Waals surface area contributed by atoms with Gasteiger partial charge in [-0.3, -0.25) is 4.79 Å². The minimum absolute atomic E-state index is 0.112. The van der Waals surface area contributed by atoms with Crippen LogP contribution >= 0.6 is 12.2 Å². The van der Waals surface area contributed by atoms with Gasteiger partial charge in [-0.15, -0.1) is 0 Å². The summed E-state index contributed by atoms with van der Waals surface area (Å²) in [5.74, 6) is -0.786. The number of thiocarbonyl (C=S) groups is 1. The second-order valence-electron chi connectivity index (χ2n) is 4.35. The smallest absolute Gasteiger partial charge is 0.237 e. The average Bonchev–Trinajstić information content (AvgIpc) is 2.37. The van der Waals surface area contributed by atoms with Crippen LogP contribution in [0.4, 0.5) is 10.1 Å². The van der Waals surface area contributed by atoms with Crippen molar-refractivity contribution < 1.29 is 13.9 Å². The zero-order valence-electron chi connectivity index (χ0n) is 11.1. The lowest BCUT2D eigenvalue weighted by Crippen LogP contribution is -2.43. The third-order valence-corrected chi connectivity index (χ3v) is 3.61. The lowest BCUT2D eigenvalue weighted by molar-refractivity contribution is -0.121. The average molecular weight is 284 g/mol. The molecular weight excluding hydrogens is 267 g/mol.